The number of nitrogens with one attached hydrogen (secondary N) is 1. The van der Waals surface area contributed by atoms with Gasteiger partial charge in [-0.05, 0) is 42.5 Å². The summed E-state index contributed by atoms with van der Waals surface area (Å²) in [4.78, 5) is 14.4. The molecule has 0 atom stereocenters. The summed E-state index contributed by atoms with van der Waals surface area (Å²) < 4.78 is 2.80. The molecular formula is C21H21BrClN5OS. The summed E-state index contributed by atoms with van der Waals surface area (Å²) in [5.41, 5.74) is 2.62. The van der Waals surface area contributed by atoms with E-state index in [0.29, 0.717) is 22.4 Å². The number of carbonyl (C=O) groups is 1. The molecule has 2 aromatic carbocycles. The number of hydrogen-bond donors (Lipinski definition) is 1. The normalized spacial score (nSPS) is 10.7. The van der Waals surface area contributed by atoms with Crippen LogP contribution in [0.4, 0.5) is 11.4 Å². The number of carbonyl (C=O) groups excluding carboxylic acids is 1. The molecule has 9 heteroatoms. The molecule has 1 aromatic heterocycles. The third-order valence-electron chi connectivity index (χ3n) is 4.21. The molecule has 1 amide bonds. The van der Waals surface area contributed by atoms with E-state index < -0.39 is 0 Å². The summed E-state index contributed by atoms with van der Waals surface area (Å²) in [7, 11) is 3.99. The highest BCUT2D eigenvalue weighted by molar-refractivity contribution is 9.10. The Hall–Kier alpha value is -2.29. The second-order valence-corrected chi connectivity index (χ2v) is 8.87. The average Bonchev–Trinajstić information content (AvgIpc) is 3.11. The van der Waals surface area contributed by atoms with Crippen LogP contribution in [0.15, 0.2) is 64.7 Å². The summed E-state index contributed by atoms with van der Waals surface area (Å²) >= 11 is 10.8. The number of hydrogen-bond acceptors (Lipinski definition) is 5. The van der Waals surface area contributed by atoms with E-state index in [4.69, 9.17) is 11.6 Å². The number of amides is 1. The van der Waals surface area contributed by atoms with Gasteiger partial charge in [-0.3, -0.25) is 9.36 Å². The third kappa shape index (κ3) is 5.44. The lowest BCUT2D eigenvalue weighted by atomic mass is 10.2. The van der Waals surface area contributed by atoms with Gasteiger partial charge in [-0.2, -0.15) is 0 Å². The quantitative estimate of drug-likeness (QED) is 0.330. The highest BCUT2D eigenvalue weighted by Crippen LogP contribution is 2.28. The Kier molecular flexibility index (Phi) is 7.58. The monoisotopic (exact) mass is 505 g/mol. The van der Waals surface area contributed by atoms with Crippen LogP contribution in [0.25, 0.3) is 11.4 Å². The van der Waals surface area contributed by atoms with Gasteiger partial charge in [-0.15, -0.1) is 16.8 Å². The van der Waals surface area contributed by atoms with E-state index in [1.54, 1.807) is 18.2 Å². The molecule has 0 bridgehead atoms. The zero-order valence-corrected chi connectivity index (χ0v) is 19.8. The minimum atomic E-state index is -0.172. The number of benzene rings is 2. The molecule has 0 aliphatic rings. The molecular weight excluding hydrogens is 486 g/mol. The van der Waals surface area contributed by atoms with Crippen LogP contribution in [-0.4, -0.2) is 40.5 Å². The first-order valence-corrected chi connectivity index (χ1v) is 11.2. The number of thioether (sulfide) groups is 1. The molecule has 0 unspecified atom stereocenters. The van der Waals surface area contributed by atoms with Crippen LogP contribution in [0.3, 0.4) is 0 Å². The van der Waals surface area contributed by atoms with E-state index in [9.17, 15) is 4.79 Å². The summed E-state index contributed by atoms with van der Waals surface area (Å²) in [6.07, 6.45) is 1.78. The molecule has 0 saturated carbocycles. The number of anilines is 2. The van der Waals surface area contributed by atoms with Crippen molar-refractivity contribution >= 4 is 56.6 Å². The Bertz CT molecular complexity index is 1050. The van der Waals surface area contributed by atoms with Gasteiger partial charge in [-0.1, -0.05) is 45.4 Å². The van der Waals surface area contributed by atoms with Crippen molar-refractivity contribution in [2.75, 3.05) is 30.1 Å². The highest BCUT2D eigenvalue weighted by atomic mass is 79.9. The Morgan fingerprint density at radius 3 is 2.63 bits per heavy atom. The van der Waals surface area contributed by atoms with E-state index in [0.717, 1.165) is 21.5 Å². The first kappa shape index (κ1) is 22.4. The first-order valence-electron chi connectivity index (χ1n) is 9.08. The molecule has 0 spiro atoms. The molecule has 30 heavy (non-hydrogen) atoms. The van der Waals surface area contributed by atoms with Gasteiger partial charge in [0, 0.05) is 36.4 Å². The van der Waals surface area contributed by atoms with Crippen molar-refractivity contribution < 1.29 is 4.79 Å². The van der Waals surface area contributed by atoms with E-state index in [-0.39, 0.29) is 11.7 Å². The van der Waals surface area contributed by atoms with Gasteiger partial charge in [0.1, 0.15) is 0 Å². The lowest BCUT2D eigenvalue weighted by Gasteiger charge is -2.13. The van der Waals surface area contributed by atoms with Gasteiger partial charge in [0.25, 0.3) is 0 Å². The van der Waals surface area contributed by atoms with Crippen molar-refractivity contribution in [3.8, 4) is 11.4 Å². The Morgan fingerprint density at radius 2 is 2.00 bits per heavy atom. The van der Waals surface area contributed by atoms with E-state index in [1.165, 1.54) is 11.8 Å². The third-order valence-corrected chi connectivity index (χ3v) is 5.98. The molecule has 0 saturated heterocycles. The fraction of sp³-hybridized carbons (Fsp3) is 0.190. The fourth-order valence-electron chi connectivity index (χ4n) is 2.72. The SMILES string of the molecule is C=CCn1c(SCC(=O)Nc2ccc(Br)cc2Cl)nnc1-c1ccc(N(C)C)cc1. The largest absolute Gasteiger partial charge is 0.378 e. The van der Waals surface area contributed by atoms with Gasteiger partial charge < -0.3 is 10.2 Å². The maximum atomic E-state index is 12.4. The molecule has 6 nitrogen and oxygen atoms in total. The van der Waals surface area contributed by atoms with E-state index in [2.05, 4.69) is 38.0 Å². The van der Waals surface area contributed by atoms with Crippen LogP contribution < -0.4 is 10.2 Å². The molecule has 3 aromatic rings. The summed E-state index contributed by atoms with van der Waals surface area (Å²) in [6.45, 7) is 4.37. The van der Waals surface area contributed by atoms with Crippen LogP contribution in [0.2, 0.25) is 5.02 Å². The number of nitrogens with zero attached hydrogens (tertiary/aromatic N) is 4. The number of halogens is 2. The molecule has 156 valence electrons. The van der Waals surface area contributed by atoms with Gasteiger partial charge in [-0.25, -0.2) is 0 Å². The standard InChI is InChI=1S/C21H21BrClN5OS/c1-4-11-28-20(14-5-8-16(9-6-14)27(2)3)25-26-21(28)30-13-19(29)24-18-10-7-15(22)12-17(18)23/h4-10,12H,1,11,13H2,2-3H3,(H,24,29). The summed E-state index contributed by atoms with van der Waals surface area (Å²) in [6, 6.07) is 13.4. The molecule has 0 radical (unpaired) electrons. The molecule has 0 aliphatic heterocycles. The lowest BCUT2D eigenvalue weighted by Crippen LogP contribution is -2.15. The smallest absolute Gasteiger partial charge is 0.234 e. The van der Waals surface area contributed by atoms with Crippen LogP contribution in [0.5, 0.6) is 0 Å². The fourth-order valence-corrected chi connectivity index (χ4v) is 4.19. The van der Waals surface area contributed by atoms with Crippen molar-refractivity contribution in [2.45, 2.75) is 11.7 Å². The molecule has 1 heterocycles. The molecule has 1 N–H and O–H groups in total. The predicted molar refractivity (Wildman–Crippen MR) is 128 cm³/mol. The average molecular weight is 507 g/mol. The van der Waals surface area contributed by atoms with Gasteiger partial charge in [0.05, 0.1) is 16.5 Å². The van der Waals surface area contributed by atoms with Crippen LogP contribution in [0.1, 0.15) is 0 Å². The minimum absolute atomic E-state index is 0.172. The zero-order chi connectivity index (χ0) is 21.7. The van der Waals surface area contributed by atoms with Crippen LogP contribution in [0, 0.1) is 0 Å². The number of rotatable bonds is 8. The number of aromatic nitrogens is 3. The number of allylic oxidation sites excluding steroid dienone is 1. The topological polar surface area (TPSA) is 63.1 Å². The molecule has 3 rings (SSSR count). The van der Waals surface area contributed by atoms with Crippen molar-refractivity contribution in [1.82, 2.24) is 14.8 Å². The van der Waals surface area contributed by atoms with E-state index in [1.807, 2.05) is 53.9 Å². The van der Waals surface area contributed by atoms with Crippen molar-refractivity contribution in [2.24, 2.45) is 0 Å². The summed E-state index contributed by atoms with van der Waals surface area (Å²) in [5.74, 6) is 0.745. The maximum Gasteiger partial charge on any atom is 0.234 e. The Labute approximate surface area is 193 Å². The second-order valence-electron chi connectivity index (χ2n) is 6.61. The van der Waals surface area contributed by atoms with Crippen LogP contribution >= 0.6 is 39.3 Å². The lowest BCUT2D eigenvalue weighted by molar-refractivity contribution is -0.113. The molecule has 0 aliphatic carbocycles. The Morgan fingerprint density at radius 1 is 1.27 bits per heavy atom. The van der Waals surface area contributed by atoms with E-state index >= 15 is 0 Å². The van der Waals surface area contributed by atoms with Gasteiger partial charge in [0.2, 0.25) is 5.91 Å². The molecule has 0 fully saturated rings. The van der Waals surface area contributed by atoms with Gasteiger partial charge >= 0.3 is 0 Å². The van der Waals surface area contributed by atoms with Crippen LogP contribution in [-0.2, 0) is 11.3 Å². The van der Waals surface area contributed by atoms with Crippen molar-refractivity contribution in [3.63, 3.8) is 0 Å². The summed E-state index contributed by atoms with van der Waals surface area (Å²) in [5, 5.41) is 12.6. The second kappa shape index (κ2) is 10.1. The zero-order valence-electron chi connectivity index (χ0n) is 16.6. The predicted octanol–water partition coefficient (Wildman–Crippen LogP) is 5.34. The first-order chi connectivity index (χ1) is 14.4. The highest BCUT2D eigenvalue weighted by Gasteiger charge is 2.15. The van der Waals surface area contributed by atoms with Crippen molar-refractivity contribution in [3.05, 3.63) is 64.6 Å². The Balaban J connectivity index is 1.73. The minimum Gasteiger partial charge on any atom is -0.378 e. The van der Waals surface area contributed by atoms with Gasteiger partial charge in [0.15, 0.2) is 11.0 Å². The van der Waals surface area contributed by atoms with Crippen molar-refractivity contribution in [1.29, 1.82) is 0 Å². The maximum absolute atomic E-state index is 12.4.